The largest absolute Gasteiger partial charge is 0.461 e. The summed E-state index contributed by atoms with van der Waals surface area (Å²) in [6.45, 7) is 6.66. The molecule has 6 nitrogen and oxygen atoms in total. The van der Waals surface area contributed by atoms with Gasteiger partial charge < -0.3 is 15.2 Å². The number of nitrogens with zero attached hydrogens (tertiary/aromatic N) is 3. The zero-order chi connectivity index (χ0) is 12.2. The van der Waals surface area contributed by atoms with Gasteiger partial charge in [-0.2, -0.15) is 15.0 Å². The topological polar surface area (TPSA) is 83.2 Å². The summed E-state index contributed by atoms with van der Waals surface area (Å²) in [7, 11) is 0. The summed E-state index contributed by atoms with van der Waals surface area (Å²) in [6.07, 6.45) is 0. The van der Waals surface area contributed by atoms with Crippen LogP contribution >= 0.6 is 11.6 Å². The van der Waals surface area contributed by atoms with E-state index in [1.807, 2.05) is 20.8 Å². The molecule has 0 saturated heterocycles. The summed E-state index contributed by atoms with van der Waals surface area (Å²) in [5, 5.41) is 0.0132. The van der Waals surface area contributed by atoms with Gasteiger partial charge in [-0.05, 0) is 32.4 Å². The number of hydrogen-bond acceptors (Lipinski definition) is 6. The normalized spacial score (nSPS) is 11.5. The summed E-state index contributed by atoms with van der Waals surface area (Å²) in [5.41, 5.74) is 5.18. The van der Waals surface area contributed by atoms with E-state index in [1.165, 1.54) is 0 Å². The molecule has 1 heterocycles. The molecule has 0 aliphatic rings. The standard InChI is InChI=1S/C9H15ClN4O2/c1-9(2,3)16-5-4-15-8-13-6(10)12-7(11)14-8/h4-5H2,1-3H3,(H2,11,12,13,14). The Kier molecular flexibility index (Phi) is 4.26. The van der Waals surface area contributed by atoms with E-state index in [-0.39, 0.29) is 22.8 Å². The molecule has 0 saturated carbocycles. The fourth-order valence-corrected chi connectivity index (χ4v) is 1.05. The molecule has 1 aromatic heterocycles. The number of nitrogens with two attached hydrogens (primary N) is 1. The van der Waals surface area contributed by atoms with Crippen molar-refractivity contribution in [1.82, 2.24) is 15.0 Å². The van der Waals surface area contributed by atoms with Crippen LogP contribution in [0.4, 0.5) is 5.95 Å². The van der Waals surface area contributed by atoms with Gasteiger partial charge in [0.2, 0.25) is 11.2 Å². The van der Waals surface area contributed by atoms with Gasteiger partial charge in [0.1, 0.15) is 6.61 Å². The maximum absolute atomic E-state index is 5.58. The molecule has 0 fully saturated rings. The van der Waals surface area contributed by atoms with Crippen molar-refractivity contribution < 1.29 is 9.47 Å². The molecule has 0 unspecified atom stereocenters. The molecule has 0 aliphatic heterocycles. The van der Waals surface area contributed by atoms with Crippen molar-refractivity contribution in [1.29, 1.82) is 0 Å². The zero-order valence-corrected chi connectivity index (χ0v) is 10.3. The highest BCUT2D eigenvalue weighted by atomic mass is 35.5. The Bertz CT molecular complexity index is 334. The van der Waals surface area contributed by atoms with Crippen LogP contribution in [0.5, 0.6) is 6.01 Å². The van der Waals surface area contributed by atoms with Crippen LogP contribution in [0.25, 0.3) is 0 Å². The van der Waals surface area contributed by atoms with Crippen LogP contribution < -0.4 is 10.5 Å². The first-order valence-corrected chi connectivity index (χ1v) is 5.18. The maximum Gasteiger partial charge on any atom is 0.322 e. The van der Waals surface area contributed by atoms with Gasteiger partial charge in [0, 0.05) is 0 Å². The first-order valence-electron chi connectivity index (χ1n) is 4.80. The lowest BCUT2D eigenvalue weighted by Gasteiger charge is -2.19. The number of aromatic nitrogens is 3. The second kappa shape index (κ2) is 5.27. The monoisotopic (exact) mass is 246 g/mol. The Hall–Kier alpha value is -1.14. The summed E-state index contributed by atoms with van der Waals surface area (Å²) in [6, 6.07) is 0.106. The third-order valence-corrected chi connectivity index (χ3v) is 1.62. The van der Waals surface area contributed by atoms with Crippen molar-refractivity contribution in [2.45, 2.75) is 26.4 Å². The van der Waals surface area contributed by atoms with E-state index in [0.717, 1.165) is 0 Å². The second-order valence-corrected chi connectivity index (χ2v) is 4.39. The first-order chi connectivity index (χ1) is 7.37. The highest BCUT2D eigenvalue weighted by molar-refractivity contribution is 6.28. The second-order valence-electron chi connectivity index (χ2n) is 4.05. The van der Waals surface area contributed by atoms with Gasteiger partial charge in [-0.15, -0.1) is 0 Å². The van der Waals surface area contributed by atoms with Crippen molar-refractivity contribution >= 4 is 17.5 Å². The van der Waals surface area contributed by atoms with Gasteiger partial charge in [-0.1, -0.05) is 0 Å². The quantitative estimate of drug-likeness (QED) is 0.807. The molecule has 0 radical (unpaired) electrons. The predicted octanol–water partition coefficient (Wildman–Crippen LogP) is 1.30. The van der Waals surface area contributed by atoms with Crippen LogP contribution in [-0.2, 0) is 4.74 Å². The lowest BCUT2D eigenvalue weighted by atomic mass is 10.2. The summed E-state index contributed by atoms with van der Waals surface area (Å²) >= 11 is 5.58. The number of rotatable bonds is 4. The molecule has 0 amide bonds. The highest BCUT2D eigenvalue weighted by Gasteiger charge is 2.10. The number of nitrogen functional groups attached to an aromatic ring is 1. The van der Waals surface area contributed by atoms with E-state index < -0.39 is 0 Å². The summed E-state index contributed by atoms with van der Waals surface area (Å²) < 4.78 is 10.7. The van der Waals surface area contributed by atoms with Gasteiger partial charge in [0.05, 0.1) is 12.2 Å². The van der Waals surface area contributed by atoms with Crippen molar-refractivity contribution in [3.05, 3.63) is 5.28 Å². The molecule has 90 valence electrons. The molecule has 0 atom stereocenters. The number of anilines is 1. The Morgan fingerprint density at radius 1 is 1.19 bits per heavy atom. The number of hydrogen-bond donors (Lipinski definition) is 1. The van der Waals surface area contributed by atoms with Crippen LogP contribution in [0.1, 0.15) is 20.8 Å². The van der Waals surface area contributed by atoms with Gasteiger partial charge in [-0.25, -0.2) is 0 Å². The lowest BCUT2D eigenvalue weighted by molar-refractivity contribution is -0.0173. The smallest absolute Gasteiger partial charge is 0.322 e. The van der Waals surface area contributed by atoms with Crippen LogP contribution in [0.2, 0.25) is 5.28 Å². The van der Waals surface area contributed by atoms with E-state index in [9.17, 15) is 0 Å². The van der Waals surface area contributed by atoms with Crippen LogP contribution in [0.3, 0.4) is 0 Å². The van der Waals surface area contributed by atoms with Crippen molar-refractivity contribution in [3.8, 4) is 6.01 Å². The average molecular weight is 247 g/mol. The first kappa shape index (κ1) is 12.9. The van der Waals surface area contributed by atoms with E-state index in [1.54, 1.807) is 0 Å². The molecule has 7 heteroatoms. The molecule has 0 aromatic carbocycles. The van der Waals surface area contributed by atoms with Gasteiger partial charge in [0.25, 0.3) is 0 Å². The molecular formula is C9H15ClN4O2. The SMILES string of the molecule is CC(C)(C)OCCOc1nc(N)nc(Cl)n1. The molecular weight excluding hydrogens is 232 g/mol. The molecule has 0 aliphatic carbocycles. The fraction of sp³-hybridized carbons (Fsp3) is 0.667. The maximum atomic E-state index is 5.58. The minimum atomic E-state index is -0.195. The van der Waals surface area contributed by atoms with Gasteiger partial charge in [-0.3, -0.25) is 0 Å². The molecule has 2 N–H and O–H groups in total. The van der Waals surface area contributed by atoms with E-state index in [4.69, 9.17) is 26.8 Å². The van der Waals surface area contributed by atoms with Crippen molar-refractivity contribution in [2.24, 2.45) is 0 Å². The summed E-state index contributed by atoms with van der Waals surface area (Å²) in [5.74, 6) is 0.0340. The third-order valence-electron chi connectivity index (χ3n) is 1.45. The zero-order valence-electron chi connectivity index (χ0n) is 9.53. The third kappa shape index (κ3) is 5.09. The van der Waals surface area contributed by atoms with Crippen molar-refractivity contribution in [3.63, 3.8) is 0 Å². The Morgan fingerprint density at radius 3 is 2.44 bits per heavy atom. The predicted molar refractivity (Wildman–Crippen MR) is 60.4 cm³/mol. The Labute approximate surface area is 99.2 Å². The van der Waals surface area contributed by atoms with E-state index in [2.05, 4.69) is 15.0 Å². The summed E-state index contributed by atoms with van der Waals surface area (Å²) in [4.78, 5) is 11.1. The van der Waals surface area contributed by atoms with Crippen LogP contribution in [0, 0.1) is 0 Å². The molecule has 0 spiro atoms. The molecule has 0 bridgehead atoms. The number of halogens is 1. The molecule has 1 aromatic rings. The Morgan fingerprint density at radius 2 is 1.88 bits per heavy atom. The van der Waals surface area contributed by atoms with Crippen molar-refractivity contribution in [2.75, 3.05) is 18.9 Å². The Balaban J connectivity index is 2.37. The van der Waals surface area contributed by atoms with Crippen LogP contribution in [0.15, 0.2) is 0 Å². The van der Waals surface area contributed by atoms with Crippen LogP contribution in [-0.4, -0.2) is 33.8 Å². The molecule has 16 heavy (non-hydrogen) atoms. The fourth-order valence-electron chi connectivity index (χ4n) is 0.892. The van der Waals surface area contributed by atoms with E-state index in [0.29, 0.717) is 13.2 Å². The average Bonchev–Trinajstić information content (AvgIpc) is 2.09. The molecule has 1 rings (SSSR count). The van der Waals surface area contributed by atoms with Gasteiger partial charge in [0.15, 0.2) is 0 Å². The number of ether oxygens (including phenoxy) is 2. The van der Waals surface area contributed by atoms with Gasteiger partial charge >= 0.3 is 6.01 Å². The van der Waals surface area contributed by atoms with E-state index >= 15 is 0 Å². The minimum Gasteiger partial charge on any atom is -0.461 e. The highest BCUT2D eigenvalue weighted by Crippen LogP contribution is 2.09. The minimum absolute atomic E-state index is 0.0132. The lowest BCUT2D eigenvalue weighted by Crippen LogP contribution is -2.22.